The van der Waals surface area contributed by atoms with Crippen molar-refractivity contribution in [1.29, 1.82) is 0 Å². The zero-order valence-electron chi connectivity index (χ0n) is 10.1. The fourth-order valence-electron chi connectivity index (χ4n) is 1.15. The van der Waals surface area contributed by atoms with Crippen LogP contribution in [-0.4, -0.2) is 13.6 Å². The Morgan fingerprint density at radius 2 is 1.88 bits per heavy atom. The summed E-state index contributed by atoms with van der Waals surface area (Å²) in [6, 6.07) is 7.66. The minimum absolute atomic E-state index is 0. The average Bonchev–Trinajstić information content (AvgIpc) is 2.70. The minimum atomic E-state index is -3.64. The quantitative estimate of drug-likeness (QED) is 0.635. The molecule has 1 aromatic carbocycles. The van der Waals surface area contributed by atoms with Gasteiger partial charge in [-0.2, -0.15) is 0 Å². The maximum Gasteiger partial charge on any atom is 1.00 e. The van der Waals surface area contributed by atoms with E-state index in [9.17, 15) is 8.42 Å². The van der Waals surface area contributed by atoms with E-state index >= 15 is 0 Å². The fourth-order valence-corrected chi connectivity index (χ4v) is 1.67. The number of nitrogens with two attached hydrogens (primary N) is 1. The van der Waals surface area contributed by atoms with Crippen LogP contribution < -0.4 is 40.0 Å². The third kappa shape index (κ3) is 3.83. The number of primary sulfonamides is 1. The SMILES string of the molecule is NS(=O)(=O)c1ccc(Nc2ccon2)cc1.[H-].[Na+]. The number of rotatable bonds is 3. The predicted octanol–water partition coefficient (Wildman–Crippen LogP) is -1.82. The number of hydrogen-bond acceptors (Lipinski definition) is 5. The molecule has 17 heavy (non-hydrogen) atoms. The maximum absolute atomic E-state index is 11.0. The number of anilines is 2. The Kier molecular flexibility index (Phi) is 4.72. The maximum atomic E-state index is 11.0. The Bertz CT molecular complexity index is 572. The predicted molar refractivity (Wildman–Crippen MR) is 58.7 cm³/mol. The van der Waals surface area contributed by atoms with Crippen LogP contribution in [0, 0.1) is 0 Å². The van der Waals surface area contributed by atoms with Crippen molar-refractivity contribution in [1.82, 2.24) is 5.16 Å². The van der Waals surface area contributed by atoms with E-state index in [1.807, 2.05) is 0 Å². The first-order valence-electron chi connectivity index (χ1n) is 4.36. The Morgan fingerprint density at radius 3 is 2.35 bits per heavy atom. The van der Waals surface area contributed by atoms with E-state index < -0.39 is 10.0 Å². The van der Waals surface area contributed by atoms with Gasteiger partial charge in [0, 0.05) is 11.8 Å². The molecule has 0 aliphatic heterocycles. The van der Waals surface area contributed by atoms with Crippen molar-refractivity contribution in [3.8, 4) is 0 Å². The molecule has 0 saturated heterocycles. The van der Waals surface area contributed by atoms with Gasteiger partial charge in [0.2, 0.25) is 10.0 Å². The van der Waals surface area contributed by atoms with Crippen LogP contribution in [0.2, 0.25) is 0 Å². The molecule has 0 saturated carbocycles. The summed E-state index contributed by atoms with van der Waals surface area (Å²) in [6.45, 7) is 0. The molecular weight excluding hydrogens is 253 g/mol. The summed E-state index contributed by atoms with van der Waals surface area (Å²) in [5.41, 5.74) is 0.696. The molecule has 0 spiro atoms. The summed E-state index contributed by atoms with van der Waals surface area (Å²) in [4.78, 5) is 0.0678. The van der Waals surface area contributed by atoms with Crippen LogP contribution in [0.1, 0.15) is 1.43 Å². The first kappa shape index (κ1) is 14.2. The van der Waals surface area contributed by atoms with E-state index in [0.717, 1.165) is 0 Å². The molecule has 1 aromatic heterocycles. The summed E-state index contributed by atoms with van der Waals surface area (Å²) in [5, 5.41) is 11.5. The van der Waals surface area contributed by atoms with Crippen molar-refractivity contribution >= 4 is 21.5 Å². The van der Waals surface area contributed by atoms with Gasteiger partial charge in [0.05, 0.1) is 4.90 Å². The molecule has 0 aliphatic carbocycles. The van der Waals surface area contributed by atoms with E-state index in [4.69, 9.17) is 5.14 Å². The van der Waals surface area contributed by atoms with Crippen molar-refractivity contribution in [2.24, 2.45) is 5.14 Å². The van der Waals surface area contributed by atoms with Crippen LogP contribution in [0.15, 0.2) is 46.0 Å². The summed E-state index contributed by atoms with van der Waals surface area (Å²) < 4.78 is 26.6. The second kappa shape index (κ2) is 5.65. The molecule has 6 nitrogen and oxygen atoms in total. The summed E-state index contributed by atoms with van der Waals surface area (Å²) >= 11 is 0. The molecule has 0 radical (unpaired) electrons. The Balaban J connectivity index is 0.00000144. The van der Waals surface area contributed by atoms with Crippen LogP contribution in [0.4, 0.5) is 11.5 Å². The topological polar surface area (TPSA) is 98.2 Å². The second-order valence-electron chi connectivity index (χ2n) is 3.08. The van der Waals surface area contributed by atoms with Crippen molar-refractivity contribution in [2.75, 3.05) is 5.32 Å². The average molecular weight is 263 g/mol. The van der Waals surface area contributed by atoms with Gasteiger partial charge in [-0.15, -0.1) is 0 Å². The van der Waals surface area contributed by atoms with Gasteiger partial charge in [0.25, 0.3) is 0 Å². The molecule has 8 heteroatoms. The molecule has 0 unspecified atom stereocenters. The fraction of sp³-hybridized carbons (Fsp3) is 0. The number of aromatic nitrogens is 1. The number of sulfonamides is 1. The third-order valence-electron chi connectivity index (χ3n) is 1.89. The molecule has 3 N–H and O–H groups in total. The molecule has 0 bridgehead atoms. The molecule has 86 valence electrons. The molecule has 0 aliphatic rings. The molecule has 0 atom stereocenters. The zero-order valence-corrected chi connectivity index (χ0v) is 11.9. The Labute approximate surface area is 122 Å². The van der Waals surface area contributed by atoms with Crippen LogP contribution in [0.25, 0.3) is 0 Å². The van der Waals surface area contributed by atoms with E-state index in [1.165, 1.54) is 18.4 Å². The molecule has 1 heterocycles. The number of benzene rings is 1. The standard InChI is InChI=1S/C9H9N3O3S.Na.H/c10-16(13,14)8-3-1-7(2-4-8)11-9-5-6-15-12-9;;/h1-6H,(H,11,12)(H2,10,13,14);;/q;+1;-1. The van der Waals surface area contributed by atoms with Gasteiger partial charge >= 0.3 is 29.6 Å². The molecule has 2 aromatic rings. The minimum Gasteiger partial charge on any atom is -1.00 e. The van der Waals surface area contributed by atoms with Crippen molar-refractivity contribution in [3.05, 3.63) is 36.6 Å². The monoisotopic (exact) mass is 263 g/mol. The number of nitrogens with one attached hydrogen (secondary N) is 1. The van der Waals surface area contributed by atoms with Crippen LogP contribution in [0.3, 0.4) is 0 Å². The van der Waals surface area contributed by atoms with Gasteiger partial charge in [-0.25, -0.2) is 13.6 Å². The van der Waals surface area contributed by atoms with Gasteiger partial charge in [0.1, 0.15) is 6.26 Å². The van der Waals surface area contributed by atoms with Gasteiger partial charge in [0.15, 0.2) is 5.82 Å². The number of nitrogens with zero attached hydrogens (tertiary/aromatic N) is 1. The van der Waals surface area contributed by atoms with Gasteiger partial charge < -0.3 is 11.3 Å². The first-order valence-corrected chi connectivity index (χ1v) is 5.90. The molecular formula is C9H10N3NaO3S. The second-order valence-corrected chi connectivity index (χ2v) is 4.64. The normalized spacial score (nSPS) is 10.6. The molecule has 0 amide bonds. The van der Waals surface area contributed by atoms with E-state index in [-0.39, 0.29) is 35.9 Å². The summed E-state index contributed by atoms with van der Waals surface area (Å²) in [5.74, 6) is 0.545. The van der Waals surface area contributed by atoms with E-state index in [1.54, 1.807) is 18.2 Å². The van der Waals surface area contributed by atoms with Gasteiger partial charge in [-0.05, 0) is 24.3 Å². The van der Waals surface area contributed by atoms with Crippen molar-refractivity contribution in [2.45, 2.75) is 4.90 Å². The van der Waals surface area contributed by atoms with Crippen LogP contribution in [-0.2, 0) is 10.0 Å². The zero-order chi connectivity index (χ0) is 11.6. The van der Waals surface area contributed by atoms with Gasteiger partial charge in [-0.3, -0.25) is 0 Å². The molecule has 0 fully saturated rings. The summed E-state index contributed by atoms with van der Waals surface area (Å²) in [7, 11) is -3.64. The largest absolute Gasteiger partial charge is 1.00 e. The first-order chi connectivity index (χ1) is 7.55. The Hall–Kier alpha value is -0.860. The Morgan fingerprint density at radius 1 is 1.24 bits per heavy atom. The summed E-state index contributed by atoms with van der Waals surface area (Å²) in [6.07, 6.45) is 1.43. The number of hydrogen-bond donors (Lipinski definition) is 2. The third-order valence-corrected chi connectivity index (χ3v) is 2.82. The van der Waals surface area contributed by atoms with Gasteiger partial charge in [-0.1, -0.05) is 5.16 Å². The van der Waals surface area contributed by atoms with Crippen LogP contribution in [0.5, 0.6) is 0 Å². The van der Waals surface area contributed by atoms with E-state index in [2.05, 4.69) is 15.0 Å². The van der Waals surface area contributed by atoms with Crippen molar-refractivity contribution in [3.63, 3.8) is 0 Å². The molecule has 2 rings (SSSR count). The van der Waals surface area contributed by atoms with Crippen molar-refractivity contribution < 1.29 is 43.9 Å². The van der Waals surface area contributed by atoms with Crippen LogP contribution >= 0.6 is 0 Å². The smallest absolute Gasteiger partial charge is 1.00 e. The van der Waals surface area contributed by atoms with E-state index in [0.29, 0.717) is 11.5 Å².